The van der Waals surface area contributed by atoms with E-state index < -0.39 is 5.97 Å². The van der Waals surface area contributed by atoms with E-state index in [4.69, 9.17) is 11.6 Å². The molecule has 0 fully saturated rings. The molecule has 0 aliphatic rings. The molecule has 2 heterocycles. The van der Waals surface area contributed by atoms with Gasteiger partial charge in [-0.15, -0.1) is 10.2 Å². The summed E-state index contributed by atoms with van der Waals surface area (Å²) in [4.78, 5) is 14.8. The van der Waals surface area contributed by atoms with Crippen LogP contribution in [-0.4, -0.2) is 41.8 Å². The second kappa shape index (κ2) is 9.23. The summed E-state index contributed by atoms with van der Waals surface area (Å²) in [6.07, 6.45) is 3.15. The Hall–Kier alpha value is -3.65. The topological polar surface area (TPSA) is 128 Å². The fourth-order valence-corrected chi connectivity index (χ4v) is 4.10. The Morgan fingerprint density at radius 1 is 1.12 bits per heavy atom. The van der Waals surface area contributed by atoms with Crippen molar-refractivity contribution < 1.29 is 15.0 Å². The van der Waals surface area contributed by atoms with Crippen molar-refractivity contribution in [1.29, 1.82) is 0 Å². The van der Waals surface area contributed by atoms with Crippen LogP contribution in [0.15, 0.2) is 42.5 Å². The molecule has 4 rings (SSSR count). The zero-order chi connectivity index (χ0) is 22.7. The van der Waals surface area contributed by atoms with Gasteiger partial charge in [0.2, 0.25) is 5.82 Å². The van der Waals surface area contributed by atoms with Crippen LogP contribution in [0, 0.1) is 0 Å². The molecule has 4 aromatic rings. The molecule has 0 aliphatic carbocycles. The van der Waals surface area contributed by atoms with Crippen molar-refractivity contribution in [2.45, 2.75) is 32.6 Å². The number of rotatable bonds is 8. The molecule has 164 valence electrons. The molecule has 0 saturated heterocycles. The van der Waals surface area contributed by atoms with Gasteiger partial charge in [-0.3, -0.25) is 0 Å². The number of carboxylic acid groups (broad SMARTS) is 1. The minimum Gasteiger partial charge on any atom is -0.508 e. The molecule has 9 heteroatoms. The van der Waals surface area contributed by atoms with Gasteiger partial charge in [-0.2, -0.15) is 5.21 Å². The molecule has 8 nitrogen and oxygen atoms in total. The summed E-state index contributed by atoms with van der Waals surface area (Å²) in [5.41, 5.74) is 5.10. The zero-order valence-electron chi connectivity index (χ0n) is 17.4. The quantitative estimate of drug-likeness (QED) is 0.303. The van der Waals surface area contributed by atoms with Crippen LogP contribution in [0.25, 0.3) is 22.5 Å². The number of aromatic amines is 2. The van der Waals surface area contributed by atoms with Gasteiger partial charge in [0, 0.05) is 17.7 Å². The average molecular weight is 452 g/mol. The molecule has 0 bridgehead atoms. The molecule has 0 saturated carbocycles. The van der Waals surface area contributed by atoms with E-state index in [0.29, 0.717) is 17.8 Å². The maximum atomic E-state index is 11.8. The SMILES string of the molecule is CCCCc1[nH]c(Cl)c(C(=O)O)c1Cc1ccc(-c2ccc(O)cc2-c2nn[nH]n2)cc1. The van der Waals surface area contributed by atoms with Gasteiger partial charge in [0.1, 0.15) is 10.9 Å². The van der Waals surface area contributed by atoms with Gasteiger partial charge >= 0.3 is 5.97 Å². The van der Waals surface area contributed by atoms with Crippen LogP contribution in [0.2, 0.25) is 5.15 Å². The third-order valence-electron chi connectivity index (χ3n) is 5.38. The van der Waals surface area contributed by atoms with Gasteiger partial charge in [0.25, 0.3) is 0 Å². The number of tetrazole rings is 1. The Morgan fingerprint density at radius 3 is 2.56 bits per heavy atom. The van der Waals surface area contributed by atoms with Gasteiger partial charge < -0.3 is 15.2 Å². The number of aryl methyl sites for hydroxylation is 1. The molecule has 0 unspecified atom stereocenters. The van der Waals surface area contributed by atoms with E-state index in [0.717, 1.165) is 47.2 Å². The number of phenolic OH excluding ortho intramolecular Hbond substituents is 1. The van der Waals surface area contributed by atoms with E-state index in [1.807, 2.05) is 24.3 Å². The molecule has 0 atom stereocenters. The Labute approximate surface area is 189 Å². The van der Waals surface area contributed by atoms with Crippen LogP contribution < -0.4 is 0 Å². The molecular weight excluding hydrogens is 430 g/mol. The molecule has 0 spiro atoms. The van der Waals surface area contributed by atoms with Crippen LogP contribution in [0.4, 0.5) is 0 Å². The number of phenols is 1. The Kier molecular flexibility index (Phi) is 6.23. The normalized spacial score (nSPS) is 11.1. The molecule has 32 heavy (non-hydrogen) atoms. The predicted molar refractivity (Wildman–Crippen MR) is 121 cm³/mol. The number of aromatic hydroxyl groups is 1. The van der Waals surface area contributed by atoms with Gasteiger partial charge in [0.05, 0.1) is 5.56 Å². The summed E-state index contributed by atoms with van der Waals surface area (Å²) in [5, 5.41) is 33.8. The zero-order valence-corrected chi connectivity index (χ0v) is 18.1. The van der Waals surface area contributed by atoms with E-state index in [9.17, 15) is 15.0 Å². The monoisotopic (exact) mass is 451 g/mol. The Bertz CT molecular complexity index is 1230. The van der Waals surface area contributed by atoms with E-state index in [1.165, 1.54) is 0 Å². The van der Waals surface area contributed by atoms with Crippen molar-refractivity contribution in [3.8, 4) is 28.3 Å². The Balaban J connectivity index is 1.66. The number of benzene rings is 2. The van der Waals surface area contributed by atoms with Crippen LogP contribution in [0.1, 0.15) is 46.9 Å². The lowest BCUT2D eigenvalue weighted by molar-refractivity contribution is 0.0696. The molecule has 2 aromatic heterocycles. The highest BCUT2D eigenvalue weighted by atomic mass is 35.5. The lowest BCUT2D eigenvalue weighted by Crippen LogP contribution is -2.03. The molecule has 0 amide bonds. The van der Waals surface area contributed by atoms with Crippen LogP contribution >= 0.6 is 11.6 Å². The number of aromatic nitrogens is 5. The maximum absolute atomic E-state index is 11.8. The highest BCUT2D eigenvalue weighted by Gasteiger charge is 2.22. The lowest BCUT2D eigenvalue weighted by atomic mass is 9.95. The van der Waals surface area contributed by atoms with Gasteiger partial charge in [-0.25, -0.2) is 4.79 Å². The van der Waals surface area contributed by atoms with Crippen molar-refractivity contribution in [3.63, 3.8) is 0 Å². The number of nitrogens with zero attached hydrogens (tertiary/aromatic N) is 3. The number of carbonyl (C=O) groups is 1. The highest BCUT2D eigenvalue weighted by Crippen LogP contribution is 2.33. The summed E-state index contributed by atoms with van der Waals surface area (Å²) in [6, 6.07) is 12.8. The number of aromatic carboxylic acids is 1. The first-order chi connectivity index (χ1) is 15.5. The van der Waals surface area contributed by atoms with Crippen molar-refractivity contribution in [2.24, 2.45) is 0 Å². The molecule has 0 radical (unpaired) electrons. The summed E-state index contributed by atoms with van der Waals surface area (Å²) in [6.45, 7) is 2.09. The van der Waals surface area contributed by atoms with Crippen molar-refractivity contribution in [1.82, 2.24) is 25.6 Å². The van der Waals surface area contributed by atoms with Gasteiger partial charge in [-0.05, 0) is 58.5 Å². The second-order valence-corrected chi connectivity index (χ2v) is 7.90. The van der Waals surface area contributed by atoms with E-state index in [2.05, 4.69) is 32.5 Å². The number of unbranched alkanes of at least 4 members (excludes halogenated alkanes) is 1. The molecule has 2 aromatic carbocycles. The second-order valence-electron chi connectivity index (χ2n) is 7.52. The average Bonchev–Trinajstić information content (AvgIpc) is 3.41. The minimum atomic E-state index is -1.03. The predicted octanol–water partition coefficient (Wildman–Crippen LogP) is 4.85. The standard InChI is InChI=1S/C23H22ClN5O3/c1-2-3-4-19-18(20(23(31)32)21(24)25-19)11-13-5-7-14(8-6-13)16-10-9-15(30)12-17(16)22-26-28-29-27-22/h5-10,12,25,30H,2-4,11H2,1H3,(H,31,32)(H,26,27,28,29). The van der Waals surface area contributed by atoms with E-state index in [1.54, 1.807) is 18.2 Å². The fraction of sp³-hybridized carbons (Fsp3) is 0.217. The third kappa shape index (κ3) is 4.36. The van der Waals surface area contributed by atoms with Crippen LogP contribution in [0.3, 0.4) is 0 Å². The first-order valence-electron chi connectivity index (χ1n) is 10.3. The highest BCUT2D eigenvalue weighted by molar-refractivity contribution is 6.32. The first kappa shape index (κ1) is 21.6. The number of hydrogen-bond donors (Lipinski definition) is 4. The molecular formula is C23H22ClN5O3. The summed E-state index contributed by atoms with van der Waals surface area (Å²) in [5.74, 6) is -0.543. The number of halogens is 1. The van der Waals surface area contributed by atoms with Gasteiger partial charge in [0.15, 0.2) is 0 Å². The number of carboxylic acids is 1. The minimum absolute atomic E-state index is 0.107. The fourth-order valence-electron chi connectivity index (χ4n) is 3.79. The maximum Gasteiger partial charge on any atom is 0.339 e. The largest absolute Gasteiger partial charge is 0.508 e. The van der Waals surface area contributed by atoms with Crippen LogP contribution in [0.5, 0.6) is 5.75 Å². The number of H-pyrrole nitrogens is 2. The van der Waals surface area contributed by atoms with Crippen LogP contribution in [-0.2, 0) is 12.8 Å². The van der Waals surface area contributed by atoms with E-state index in [-0.39, 0.29) is 16.5 Å². The van der Waals surface area contributed by atoms with Gasteiger partial charge in [-0.1, -0.05) is 49.2 Å². The Morgan fingerprint density at radius 2 is 1.91 bits per heavy atom. The van der Waals surface area contributed by atoms with Crippen molar-refractivity contribution in [3.05, 3.63) is 70.0 Å². The van der Waals surface area contributed by atoms with Crippen molar-refractivity contribution in [2.75, 3.05) is 0 Å². The van der Waals surface area contributed by atoms with Crippen molar-refractivity contribution >= 4 is 17.6 Å². The molecule has 4 N–H and O–H groups in total. The summed E-state index contributed by atoms with van der Waals surface area (Å²) < 4.78 is 0. The smallest absolute Gasteiger partial charge is 0.339 e. The number of nitrogens with one attached hydrogen (secondary N) is 2. The molecule has 0 aliphatic heterocycles. The number of hydrogen-bond acceptors (Lipinski definition) is 5. The lowest BCUT2D eigenvalue weighted by Gasteiger charge is -2.10. The first-order valence-corrected chi connectivity index (χ1v) is 10.6. The summed E-state index contributed by atoms with van der Waals surface area (Å²) in [7, 11) is 0. The summed E-state index contributed by atoms with van der Waals surface area (Å²) >= 11 is 6.20. The van der Waals surface area contributed by atoms with E-state index >= 15 is 0 Å². The third-order valence-corrected chi connectivity index (χ3v) is 5.66.